The Bertz CT molecular complexity index is 137. The number of ether oxygens (including phenoxy) is 2. The topological polar surface area (TPSA) is 47.6 Å². The molecule has 4 nitrogen and oxygen atoms in total. The van der Waals surface area contributed by atoms with Gasteiger partial charge in [0.25, 0.3) is 0 Å². The summed E-state index contributed by atoms with van der Waals surface area (Å²) in [4.78, 5) is 10.8. The molecular formula is C9H19NO3. The largest absolute Gasteiger partial charge is 0.508 e. The minimum absolute atomic E-state index is 0.348. The molecule has 0 unspecified atom stereocenters. The van der Waals surface area contributed by atoms with E-state index < -0.39 is 6.16 Å². The van der Waals surface area contributed by atoms with Crippen LogP contribution in [-0.4, -0.2) is 32.5 Å². The molecule has 0 atom stereocenters. The van der Waals surface area contributed by atoms with Gasteiger partial charge in [-0.15, -0.1) is 0 Å². The summed E-state index contributed by atoms with van der Waals surface area (Å²) in [6.45, 7) is 8.29. The average Bonchev–Trinajstić information content (AvgIpc) is 2.09. The average molecular weight is 189 g/mol. The molecular weight excluding hydrogens is 170 g/mol. The van der Waals surface area contributed by atoms with Crippen LogP contribution in [0.2, 0.25) is 0 Å². The molecule has 0 aromatic heterocycles. The van der Waals surface area contributed by atoms with Gasteiger partial charge in [0.05, 0.1) is 6.61 Å². The summed E-state index contributed by atoms with van der Waals surface area (Å²) < 4.78 is 9.57. The van der Waals surface area contributed by atoms with Gasteiger partial charge >= 0.3 is 6.16 Å². The van der Waals surface area contributed by atoms with Crippen LogP contribution in [0.5, 0.6) is 0 Å². The first-order valence-electron chi connectivity index (χ1n) is 4.67. The first kappa shape index (κ1) is 12.2. The van der Waals surface area contributed by atoms with Crippen molar-refractivity contribution in [2.45, 2.75) is 20.8 Å². The quantitative estimate of drug-likeness (QED) is 0.507. The van der Waals surface area contributed by atoms with Gasteiger partial charge in [-0.1, -0.05) is 20.8 Å². The Labute approximate surface area is 79.6 Å². The van der Waals surface area contributed by atoms with Gasteiger partial charge in [0.1, 0.15) is 6.61 Å². The highest BCUT2D eigenvalue weighted by Crippen LogP contribution is 1.94. The monoisotopic (exact) mass is 189 g/mol. The van der Waals surface area contributed by atoms with Crippen molar-refractivity contribution in [2.75, 3.05) is 26.3 Å². The summed E-state index contributed by atoms with van der Waals surface area (Å²) in [6.07, 6.45) is -0.577. The fourth-order valence-electron chi connectivity index (χ4n) is 0.660. The van der Waals surface area contributed by atoms with Crippen molar-refractivity contribution in [3.8, 4) is 0 Å². The maximum atomic E-state index is 10.8. The molecule has 0 aliphatic rings. The molecule has 0 saturated carbocycles. The van der Waals surface area contributed by atoms with E-state index in [0.29, 0.717) is 25.7 Å². The highest BCUT2D eigenvalue weighted by molar-refractivity contribution is 5.59. The number of nitrogens with one attached hydrogen (secondary N) is 1. The molecule has 0 rings (SSSR count). The SMILES string of the molecule is CCNCCOC(=O)OCC(C)C. The Balaban J connectivity index is 3.20. The summed E-state index contributed by atoms with van der Waals surface area (Å²) in [5.41, 5.74) is 0. The zero-order valence-corrected chi connectivity index (χ0v) is 8.63. The second kappa shape index (κ2) is 7.86. The van der Waals surface area contributed by atoms with Gasteiger partial charge in [0.2, 0.25) is 0 Å². The highest BCUT2D eigenvalue weighted by atomic mass is 16.7. The van der Waals surface area contributed by atoms with E-state index in [1.807, 2.05) is 20.8 Å². The zero-order chi connectivity index (χ0) is 10.1. The lowest BCUT2D eigenvalue weighted by Gasteiger charge is -2.07. The van der Waals surface area contributed by atoms with Crippen LogP contribution in [0.25, 0.3) is 0 Å². The number of carbonyl (C=O) groups excluding carboxylic acids is 1. The van der Waals surface area contributed by atoms with Crippen LogP contribution < -0.4 is 5.32 Å². The van der Waals surface area contributed by atoms with Crippen LogP contribution in [-0.2, 0) is 9.47 Å². The number of rotatable bonds is 6. The van der Waals surface area contributed by atoms with E-state index in [9.17, 15) is 4.79 Å². The van der Waals surface area contributed by atoms with E-state index in [1.54, 1.807) is 0 Å². The van der Waals surface area contributed by atoms with Gasteiger partial charge in [-0.3, -0.25) is 0 Å². The Kier molecular flexibility index (Phi) is 7.39. The van der Waals surface area contributed by atoms with Crippen molar-refractivity contribution in [3.05, 3.63) is 0 Å². The van der Waals surface area contributed by atoms with Gasteiger partial charge < -0.3 is 14.8 Å². The van der Waals surface area contributed by atoms with E-state index in [0.717, 1.165) is 6.54 Å². The molecule has 1 N–H and O–H groups in total. The van der Waals surface area contributed by atoms with E-state index >= 15 is 0 Å². The van der Waals surface area contributed by atoms with Crippen LogP contribution in [0.1, 0.15) is 20.8 Å². The van der Waals surface area contributed by atoms with Crippen molar-refractivity contribution in [3.63, 3.8) is 0 Å². The molecule has 0 aromatic rings. The van der Waals surface area contributed by atoms with Crippen molar-refractivity contribution >= 4 is 6.16 Å². The van der Waals surface area contributed by atoms with E-state index in [-0.39, 0.29) is 0 Å². The summed E-state index contributed by atoms with van der Waals surface area (Å²) in [5, 5.41) is 3.04. The van der Waals surface area contributed by atoms with Crippen LogP contribution in [0.15, 0.2) is 0 Å². The molecule has 0 aromatic carbocycles. The Morgan fingerprint density at radius 3 is 2.62 bits per heavy atom. The third-order valence-corrected chi connectivity index (χ3v) is 1.28. The lowest BCUT2D eigenvalue weighted by atomic mass is 10.2. The molecule has 0 bridgehead atoms. The maximum Gasteiger partial charge on any atom is 0.508 e. The van der Waals surface area contributed by atoms with Crippen molar-refractivity contribution in [1.82, 2.24) is 5.32 Å². The predicted octanol–water partition coefficient (Wildman–Crippen LogP) is 1.41. The molecule has 4 heteroatoms. The fraction of sp³-hybridized carbons (Fsp3) is 0.889. The molecule has 0 spiro atoms. The van der Waals surface area contributed by atoms with Crippen molar-refractivity contribution in [2.24, 2.45) is 5.92 Å². The number of carbonyl (C=O) groups is 1. The molecule has 0 aliphatic carbocycles. The molecule has 13 heavy (non-hydrogen) atoms. The van der Waals surface area contributed by atoms with Gasteiger partial charge in [-0.25, -0.2) is 4.79 Å². The van der Waals surface area contributed by atoms with Crippen molar-refractivity contribution < 1.29 is 14.3 Å². The summed E-state index contributed by atoms with van der Waals surface area (Å²) in [6, 6.07) is 0. The van der Waals surface area contributed by atoms with Crippen LogP contribution in [0, 0.1) is 5.92 Å². The first-order chi connectivity index (χ1) is 6.16. The molecule has 0 amide bonds. The first-order valence-corrected chi connectivity index (χ1v) is 4.67. The van der Waals surface area contributed by atoms with Gasteiger partial charge in [0, 0.05) is 6.54 Å². The third kappa shape index (κ3) is 9.14. The smallest absolute Gasteiger partial charge is 0.434 e. The van der Waals surface area contributed by atoms with Gasteiger partial charge in [-0.05, 0) is 12.5 Å². The van der Waals surface area contributed by atoms with Crippen molar-refractivity contribution in [1.29, 1.82) is 0 Å². The minimum atomic E-state index is -0.577. The summed E-state index contributed by atoms with van der Waals surface area (Å²) >= 11 is 0. The molecule has 0 saturated heterocycles. The number of hydrogen-bond donors (Lipinski definition) is 1. The molecule has 0 heterocycles. The second-order valence-electron chi connectivity index (χ2n) is 3.16. The number of likely N-dealkylation sites (N-methyl/N-ethyl adjacent to an activating group) is 1. The fourth-order valence-corrected chi connectivity index (χ4v) is 0.660. The van der Waals surface area contributed by atoms with Crippen LogP contribution in [0.3, 0.4) is 0 Å². The Morgan fingerprint density at radius 1 is 1.38 bits per heavy atom. The Hall–Kier alpha value is -0.770. The predicted molar refractivity (Wildman–Crippen MR) is 50.7 cm³/mol. The molecule has 0 radical (unpaired) electrons. The molecule has 0 fully saturated rings. The van der Waals surface area contributed by atoms with Crippen LogP contribution >= 0.6 is 0 Å². The van der Waals surface area contributed by atoms with Gasteiger partial charge in [-0.2, -0.15) is 0 Å². The van der Waals surface area contributed by atoms with Gasteiger partial charge in [0.15, 0.2) is 0 Å². The minimum Gasteiger partial charge on any atom is -0.434 e. The number of hydrogen-bond acceptors (Lipinski definition) is 4. The molecule has 78 valence electrons. The summed E-state index contributed by atoms with van der Waals surface area (Å²) in [7, 11) is 0. The molecule has 0 aliphatic heterocycles. The second-order valence-corrected chi connectivity index (χ2v) is 3.16. The lowest BCUT2D eigenvalue weighted by molar-refractivity contribution is 0.0483. The van der Waals surface area contributed by atoms with Crippen LogP contribution in [0.4, 0.5) is 4.79 Å². The Morgan fingerprint density at radius 2 is 2.08 bits per heavy atom. The van der Waals surface area contributed by atoms with E-state index in [2.05, 4.69) is 5.32 Å². The normalized spacial score (nSPS) is 10.2. The van der Waals surface area contributed by atoms with E-state index in [1.165, 1.54) is 0 Å². The maximum absolute atomic E-state index is 10.8. The van der Waals surface area contributed by atoms with E-state index in [4.69, 9.17) is 9.47 Å². The standard InChI is InChI=1S/C9H19NO3/c1-4-10-5-6-12-9(11)13-7-8(2)3/h8,10H,4-7H2,1-3H3. The zero-order valence-electron chi connectivity index (χ0n) is 8.63. The highest BCUT2D eigenvalue weighted by Gasteiger charge is 2.03. The summed E-state index contributed by atoms with van der Waals surface area (Å²) in [5.74, 6) is 0.348. The third-order valence-electron chi connectivity index (χ3n) is 1.28. The lowest BCUT2D eigenvalue weighted by Crippen LogP contribution is -2.21.